The summed E-state index contributed by atoms with van der Waals surface area (Å²) >= 11 is 5.89. The summed E-state index contributed by atoms with van der Waals surface area (Å²) in [7, 11) is 1.36. The van der Waals surface area contributed by atoms with Crippen molar-refractivity contribution in [1.82, 2.24) is 4.90 Å². The molecule has 0 radical (unpaired) electrons. The van der Waals surface area contributed by atoms with Crippen LogP contribution < -0.4 is 0 Å². The van der Waals surface area contributed by atoms with E-state index in [1.165, 1.54) is 27.0 Å². The summed E-state index contributed by atoms with van der Waals surface area (Å²) < 4.78 is 19.9. The predicted octanol–water partition coefficient (Wildman–Crippen LogP) is 4.83. The van der Waals surface area contributed by atoms with Crippen LogP contribution in [0.2, 0.25) is 5.02 Å². The first-order valence-corrected chi connectivity index (χ1v) is 8.49. The summed E-state index contributed by atoms with van der Waals surface area (Å²) in [5, 5.41) is 10.3. The Balaban J connectivity index is 2.12. The number of rotatable bonds is 4. The quantitative estimate of drug-likeness (QED) is 0.694. The van der Waals surface area contributed by atoms with Crippen LogP contribution in [0.15, 0.2) is 46.9 Å². The molecule has 27 heavy (non-hydrogen) atoms. The molecule has 1 aromatic heterocycles. The number of carboxylic acids is 1. The van der Waals surface area contributed by atoms with E-state index in [1.54, 1.807) is 30.3 Å². The van der Waals surface area contributed by atoms with E-state index < -0.39 is 23.2 Å². The fourth-order valence-corrected chi connectivity index (χ4v) is 2.74. The minimum absolute atomic E-state index is 0.0398. The highest BCUT2D eigenvalue weighted by Crippen LogP contribution is 2.32. The second-order valence-electron chi connectivity index (χ2n) is 6.72. The van der Waals surface area contributed by atoms with E-state index in [0.717, 1.165) is 11.0 Å². The number of fused-ring (bicyclic) bond motifs is 1. The molecule has 140 valence electrons. The topological polar surface area (TPSA) is 70.8 Å². The molecule has 7 heteroatoms. The molecule has 0 saturated heterocycles. The van der Waals surface area contributed by atoms with Crippen LogP contribution >= 0.6 is 11.6 Å². The van der Waals surface area contributed by atoms with Gasteiger partial charge >= 0.3 is 5.97 Å². The third-order valence-corrected chi connectivity index (χ3v) is 4.86. The molecule has 0 bridgehead atoms. The van der Waals surface area contributed by atoms with Crippen LogP contribution in [-0.4, -0.2) is 34.5 Å². The molecule has 1 amide bonds. The molecule has 3 rings (SSSR count). The predicted molar refractivity (Wildman–Crippen MR) is 100 cm³/mol. The molecule has 1 N–H and O–H groups in total. The maximum atomic E-state index is 14.1. The number of carbonyl (C=O) groups excluding carboxylic acids is 1. The van der Waals surface area contributed by atoms with E-state index in [0.29, 0.717) is 21.7 Å². The number of carbonyl (C=O) groups is 2. The Kier molecular flexibility index (Phi) is 4.70. The summed E-state index contributed by atoms with van der Waals surface area (Å²) in [6.07, 6.45) is 0. The zero-order valence-corrected chi connectivity index (χ0v) is 15.7. The van der Waals surface area contributed by atoms with Gasteiger partial charge in [-0.15, -0.1) is 0 Å². The Bertz CT molecular complexity index is 1040. The molecule has 0 aliphatic heterocycles. The number of furan rings is 1. The lowest BCUT2D eigenvalue weighted by molar-refractivity contribution is -0.147. The fourth-order valence-electron chi connectivity index (χ4n) is 2.61. The van der Waals surface area contributed by atoms with E-state index in [2.05, 4.69) is 0 Å². The number of hydrogen-bond acceptors (Lipinski definition) is 3. The molecule has 0 fully saturated rings. The largest absolute Gasteiger partial charge is 0.480 e. The first-order valence-electron chi connectivity index (χ1n) is 8.12. The minimum Gasteiger partial charge on any atom is -0.480 e. The SMILES string of the molecule is CN(C(=O)c1cc(F)cc2cc(-c3ccc(Cl)cc3)oc12)C(C)(C)C(=O)O. The van der Waals surface area contributed by atoms with E-state index in [9.17, 15) is 19.1 Å². The van der Waals surface area contributed by atoms with Gasteiger partial charge in [0, 0.05) is 23.0 Å². The zero-order valence-electron chi connectivity index (χ0n) is 14.9. The summed E-state index contributed by atoms with van der Waals surface area (Å²) in [5.74, 6) is -1.99. The van der Waals surface area contributed by atoms with Crippen LogP contribution in [0.3, 0.4) is 0 Å². The van der Waals surface area contributed by atoms with Crippen molar-refractivity contribution in [2.45, 2.75) is 19.4 Å². The Morgan fingerprint density at radius 2 is 1.78 bits per heavy atom. The molecule has 0 aliphatic carbocycles. The standard InChI is InChI=1S/C20H17ClFNO4/c1-20(2,19(25)26)23(3)18(24)15-10-14(22)8-12-9-16(27-17(12)15)11-4-6-13(21)7-5-11/h4-10H,1-3H3,(H,25,26). The zero-order chi connectivity index (χ0) is 19.9. The van der Waals surface area contributed by atoms with Gasteiger partial charge in [-0.2, -0.15) is 0 Å². The van der Waals surface area contributed by atoms with Crippen LogP contribution in [0, 0.1) is 5.82 Å². The number of benzene rings is 2. The van der Waals surface area contributed by atoms with Gasteiger partial charge in [0.15, 0.2) is 0 Å². The summed E-state index contributed by atoms with van der Waals surface area (Å²) in [6, 6.07) is 10.8. The van der Waals surface area contributed by atoms with Gasteiger partial charge in [-0.3, -0.25) is 4.79 Å². The van der Waals surface area contributed by atoms with E-state index in [1.807, 2.05) is 0 Å². The molecule has 0 spiro atoms. The molecule has 0 unspecified atom stereocenters. The molecular formula is C20H17ClFNO4. The van der Waals surface area contributed by atoms with Crippen molar-refractivity contribution in [2.75, 3.05) is 7.05 Å². The first-order chi connectivity index (χ1) is 12.6. The Hall–Kier alpha value is -2.86. The van der Waals surface area contributed by atoms with Crippen LogP contribution in [0.5, 0.6) is 0 Å². The van der Waals surface area contributed by atoms with Crippen molar-refractivity contribution < 1.29 is 23.5 Å². The van der Waals surface area contributed by atoms with Gasteiger partial charge in [0.25, 0.3) is 5.91 Å². The fraction of sp³-hybridized carbons (Fsp3) is 0.200. The van der Waals surface area contributed by atoms with Gasteiger partial charge in [-0.05, 0) is 56.3 Å². The highest BCUT2D eigenvalue weighted by atomic mass is 35.5. The number of likely N-dealkylation sites (N-methyl/N-ethyl adjacent to an activating group) is 1. The van der Waals surface area contributed by atoms with Gasteiger partial charge in [0.1, 0.15) is 22.7 Å². The van der Waals surface area contributed by atoms with Crippen molar-refractivity contribution in [3.8, 4) is 11.3 Å². The molecule has 1 heterocycles. The molecule has 3 aromatic rings. The molecular weight excluding hydrogens is 373 g/mol. The third-order valence-electron chi connectivity index (χ3n) is 4.61. The molecule has 0 aliphatic rings. The number of aliphatic carboxylic acids is 1. The van der Waals surface area contributed by atoms with Crippen LogP contribution in [0.4, 0.5) is 4.39 Å². The van der Waals surface area contributed by atoms with Crippen LogP contribution in [0.25, 0.3) is 22.3 Å². The smallest absolute Gasteiger partial charge is 0.329 e. The Morgan fingerprint density at radius 3 is 2.37 bits per heavy atom. The van der Waals surface area contributed by atoms with Crippen molar-refractivity contribution >= 4 is 34.4 Å². The van der Waals surface area contributed by atoms with Crippen molar-refractivity contribution in [3.05, 3.63) is 58.9 Å². The minimum atomic E-state index is -1.47. The normalized spacial score (nSPS) is 11.6. The lowest BCUT2D eigenvalue weighted by Gasteiger charge is -2.31. The Labute approximate surface area is 160 Å². The molecule has 5 nitrogen and oxygen atoms in total. The lowest BCUT2D eigenvalue weighted by Crippen LogP contribution is -2.50. The molecule has 0 saturated carbocycles. The first kappa shape index (κ1) is 18.9. The monoisotopic (exact) mass is 389 g/mol. The third kappa shape index (κ3) is 3.40. The van der Waals surface area contributed by atoms with Gasteiger partial charge in [0.2, 0.25) is 0 Å². The number of hydrogen-bond donors (Lipinski definition) is 1. The van der Waals surface area contributed by atoms with Gasteiger partial charge in [-0.25, -0.2) is 9.18 Å². The lowest BCUT2D eigenvalue weighted by atomic mass is 10.0. The van der Waals surface area contributed by atoms with E-state index >= 15 is 0 Å². The molecule has 2 aromatic carbocycles. The van der Waals surface area contributed by atoms with Gasteiger partial charge < -0.3 is 14.4 Å². The maximum absolute atomic E-state index is 14.1. The second-order valence-corrected chi connectivity index (χ2v) is 7.15. The highest BCUT2D eigenvalue weighted by molar-refractivity contribution is 6.30. The summed E-state index contributed by atoms with van der Waals surface area (Å²) in [4.78, 5) is 25.4. The summed E-state index contributed by atoms with van der Waals surface area (Å²) in [6.45, 7) is 2.79. The summed E-state index contributed by atoms with van der Waals surface area (Å²) in [5.41, 5.74) is -0.600. The van der Waals surface area contributed by atoms with Gasteiger partial charge in [0.05, 0.1) is 5.56 Å². The second kappa shape index (κ2) is 6.70. The number of nitrogens with zero attached hydrogens (tertiary/aromatic N) is 1. The van der Waals surface area contributed by atoms with Crippen LogP contribution in [-0.2, 0) is 4.79 Å². The maximum Gasteiger partial charge on any atom is 0.329 e. The van der Waals surface area contributed by atoms with Crippen molar-refractivity contribution in [1.29, 1.82) is 0 Å². The average Bonchev–Trinajstić information content (AvgIpc) is 3.03. The van der Waals surface area contributed by atoms with Crippen molar-refractivity contribution in [3.63, 3.8) is 0 Å². The Morgan fingerprint density at radius 1 is 1.15 bits per heavy atom. The van der Waals surface area contributed by atoms with Crippen molar-refractivity contribution in [2.24, 2.45) is 0 Å². The molecule has 0 atom stereocenters. The number of amides is 1. The number of halogens is 2. The van der Waals surface area contributed by atoms with E-state index in [-0.39, 0.29) is 11.1 Å². The van der Waals surface area contributed by atoms with Crippen LogP contribution in [0.1, 0.15) is 24.2 Å². The number of carboxylic acid groups (broad SMARTS) is 1. The van der Waals surface area contributed by atoms with E-state index in [4.69, 9.17) is 16.0 Å². The highest BCUT2D eigenvalue weighted by Gasteiger charge is 2.36. The van der Waals surface area contributed by atoms with Gasteiger partial charge in [-0.1, -0.05) is 11.6 Å². The average molecular weight is 390 g/mol.